The summed E-state index contributed by atoms with van der Waals surface area (Å²) in [5.41, 5.74) is 1.72. The third-order valence-corrected chi connectivity index (χ3v) is 4.63. The molecule has 0 aromatic heterocycles. The Labute approximate surface area is 156 Å². The minimum Gasteiger partial charge on any atom is -0.457 e. The van der Waals surface area contributed by atoms with Crippen molar-refractivity contribution in [2.75, 3.05) is 18.1 Å². The lowest BCUT2D eigenvalue weighted by molar-refractivity contribution is -0.147. The van der Waals surface area contributed by atoms with E-state index in [-0.39, 0.29) is 37.0 Å². The highest BCUT2D eigenvalue weighted by molar-refractivity contribution is 6.01. The fourth-order valence-corrected chi connectivity index (χ4v) is 3.03. The second-order valence-corrected chi connectivity index (χ2v) is 6.44. The summed E-state index contributed by atoms with van der Waals surface area (Å²) < 4.78 is 19.0. The molecule has 140 valence electrons. The Morgan fingerprint density at radius 1 is 1.15 bits per heavy atom. The molecule has 1 amide bonds. The zero-order valence-electron chi connectivity index (χ0n) is 15.0. The Kier molecular flexibility index (Phi) is 5.64. The Morgan fingerprint density at radius 3 is 2.52 bits per heavy atom. The first kappa shape index (κ1) is 18.8. The van der Waals surface area contributed by atoms with Gasteiger partial charge in [-0.2, -0.15) is 0 Å². The van der Waals surface area contributed by atoms with Crippen LogP contribution in [0, 0.1) is 11.7 Å². The number of esters is 1. The molecule has 0 unspecified atom stereocenters. The molecule has 0 aliphatic carbocycles. The summed E-state index contributed by atoms with van der Waals surface area (Å²) in [7, 11) is 0. The Morgan fingerprint density at radius 2 is 1.85 bits per heavy atom. The molecule has 1 fully saturated rings. The number of ketones is 1. The summed E-state index contributed by atoms with van der Waals surface area (Å²) in [5, 5.41) is 0. The maximum Gasteiger partial charge on any atom is 0.311 e. The van der Waals surface area contributed by atoms with E-state index in [0.717, 1.165) is 12.0 Å². The van der Waals surface area contributed by atoms with Crippen LogP contribution in [0.3, 0.4) is 0 Å². The summed E-state index contributed by atoms with van der Waals surface area (Å²) in [6.07, 6.45) is 0.810. The molecule has 5 nitrogen and oxygen atoms in total. The van der Waals surface area contributed by atoms with Crippen LogP contribution in [0.25, 0.3) is 0 Å². The van der Waals surface area contributed by atoms with E-state index in [9.17, 15) is 18.8 Å². The van der Waals surface area contributed by atoms with E-state index < -0.39 is 17.7 Å². The first-order valence-corrected chi connectivity index (χ1v) is 8.83. The minimum absolute atomic E-state index is 0.0397. The summed E-state index contributed by atoms with van der Waals surface area (Å²) in [6.45, 7) is 1.68. The molecule has 1 saturated heterocycles. The highest BCUT2D eigenvalue weighted by Crippen LogP contribution is 2.27. The van der Waals surface area contributed by atoms with Crippen LogP contribution in [0.5, 0.6) is 0 Å². The zero-order chi connectivity index (χ0) is 19.4. The van der Waals surface area contributed by atoms with Crippen molar-refractivity contribution in [1.29, 1.82) is 0 Å². The van der Waals surface area contributed by atoms with E-state index >= 15 is 0 Å². The molecule has 1 aliphatic heterocycles. The first-order valence-electron chi connectivity index (χ1n) is 8.83. The number of Topliss-reactive ketones (excluding diaryl/α,β-unsaturated/α-hetero) is 1. The lowest BCUT2D eigenvalue weighted by atomic mass is 10.1. The van der Waals surface area contributed by atoms with Crippen LogP contribution in [0.15, 0.2) is 48.5 Å². The molecule has 0 radical (unpaired) electrons. The van der Waals surface area contributed by atoms with Crippen LogP contribution in [0.1, 0.15) is 29.3 Å². The van der Waals surface area contributed by atoms with Gasteiger partial charge in [0.1, 0.15) is 5.82 Å². The van der Waals surface area contributed by atoms with Crippen molar-refractivity contribution < 1.29 is 23.5 Å². The van der Waals surface area contributed by atoms with Crippen LogP contribution >= 0.6 is 0 Å². The molecule has 27 heavy (non-hydrogen) atoms. The van der Waals surface area contributed by atoms with Crippen molar-refractivity contribution >= 4 is 23.3 Å². The smallest absolute Gasteiger partial charge is 0.311 e. The summed E-state index contributed by atoms with van der Waals surface area (Å²) in [5.74, 6) is -2.51. The minimum atomic E-state index is -0.715. The second kappa shape index (κ2) is 8.12. The molecule has 0 saturated carbocycles. The zero-order valence-corrected chi connectivity index (χ0v) is 15.0. The number of nitrogens with zero attached hydrogens (tertiary/aromatic N) is 1. The number of ether oxygens (including phenoxy) is 1. The maximum atomic E-state index is 13.9. The van der Waals surface area contributed by atoms with E-state index in [1.54, 1.807) is 18.2 Å². The molecule has 1 heterocycles. The predicted octanol–water partition coefficient (Wildman–Crippen LogP) is 3.17. The third-order valence-electron chi connectivity index (χ3n) is 4.63. The van der Waals surface area contributed by atoms with E-state index in [2.05, 4.69) is 0 Å². The number of hydrogen-bond acceptors (Lipinski definition) is 4. The predicted molar refractivity (Wildman–Crippen MR) is 98.0 cm³/mol. The molecule has 2 aromatic rings. The number of amides is 1. The molecule has 1 aliphatic rings. The quantitative estimate of drug-likeness (QED) is 0.580. The number of aryl methyl sites for hydroxylation is 1. The van der Waals surface area contributed by atoms with Crippen molar-refractivity contribution in [2.45, 2.75) is 19.8 Å². The number of hydrogen-bond donors (Lipinski definition) is 0. The fourth-order valence-electron chi connectivity index (χ4n) is 3.03. The summed E-state index contributed by atoms with van der Waals surface area (Å²) in [4.78, 5) is 37.8. The molecule has 0 spiro atoms. The molecular weight excluding hydrogens is 349 g/mol. The molecule has 2 aromatic carbocycles. The Balaban J connectivity index is 1.57. The van der Waals surface area contributed by atoms with E-state index in [1.165, 1.54) is 23.1 Å². The highest BCUT2D eigenvalue weighted by atomic mass is 19.1. The number of rotatable bonds is 6. The molecular formula is C21H20FNO4. The summed E-state index contributed by atoms with van der Waals surface area (Å²) >= 11 is 0. The number of halogens is 1. The average Bonchev–Trinajstić information content (AvgIpc) is 3.08. The molecule has 6 heteroatoms. The van der Waals surface area contributed by atoms with E-state index in [1.807, 2.05) is 19.1 Å². The van der Waals surface area contributed by atoms with Gasteiger partial charge < -0.3 is 9.64 Å². The van der Waals surface area contributed by atoms with Gasteiger partial charge in [0.15, 0.2) is 12.4 Å². The third kappa shape index (κ3) is 4.22. The maximum absolute atomic E-state index is 13.9. The lowest BCUT2D eigenvalue weighted by Gasteiger charge is -2.17. The van der Waals surface area contributed by atoms with E-state index in [0.29, 0.717) is 5.56 Å². The van der Waals surface area contributed by atoms with Gasteiger partial charge >= 0.3 is 5.97 Å². The molecule has 3 rings (SSSR count). The number of para-hydroxylation sites is 1. The van der Waals surface area contributed by atoms with Crippen molar-refractivity contribution in [2.24, 2.45) is 5.92 Å². The van der Waals surface area contributed by atoms with Gasteiger partial charge in [-0.05, 0) is 24.1 Å². The number of carbonyl (C=O) groups is 3. The SMILES string of the molecule is CCc1ccc(C(=O)COC(=O)[C@@H]2CC(=O)N(c3ccccc3F)C2)cc1. The van der Waals surface area contributed by atoms with Crippen LogP contribution in [-0.4, -0.2) is 30.8 Å². The van der Waals surface area contributed by atoms with Crippen molar-refractivity contribution in [1.82, 2.24) is 0 Å². The number of benzene rings is 2. The monoisotopic (exact) mass is 369 g/mol. The fraction of sp³-hybridized carbons (Fsp3) is 0.286. The molecule has 0 N–H and O–H groups in total. The van der Waals surface area contributed by atoms with Gasteiger partial charge in [0.2, 0.25) is 5.91 Å². The van der Waals surface area contributed by atoms with Gasteiger partial charge in [0.05, 0.1) is 11.6 Å². The largest absolute Gasteiger partial charge is 0.457 e. The van der Waals surface area contributed by atoms with Crippen molar-refractivity contribution in [3.05, 3.63) is 65.5 Å². The highest BCUT2D eigenvalue weighted by Gasteiger charge is 2.37. The Bertz CT molecular complexity index is 863. The summed E-state index contributed by atoms with van der Waals surface area (Å²) in [6, 6.07) is 13.0. The number of carbonyl (C=O) groups excluding carboxylic acids is 3. The second-order valence-electron chi connectivity index (χ2n) is 6.44. The molecule has 0 bridgehead atoms. The standard InChI is InChI=1S/C21H20FNO4/c1-2-14-7-9-15(10-8-14)19(24)13-27-21(26)16-11-20(25)23(12-16)18-6-4-3-5-17(18)22/h3-10,16H,2,11-13H2,1H3/t16-/m1/s1. The normalized spacial score (nSPS) is 16.4. The van der Waals surface area contributed by atoms with Gasteiger partial charge in [-0.15, -0.1) is 0 Å². The number of anilines is 1. The van der Waals surface area contributed by atoms with Gasteiger partial charge in [0, 0.05) is 18.5 Å². The average molecular weight is 369 g/mol. The topological polar surface area (TPSA) is 63.7 Å². The van der Waals surface area contributed by atoms with Gasteiger partial charge in [-0.25, -0.2) is 4.39 Å². The first-order chi connectivity index (χ1) is 13.0. The van der Waals surface area contributed by atoms with Gasteiger partial charge in [0.25, 0.3) is 0 Å². The van der Waals surface area contributed by atoms with Gasteiger partial charge in [-0.1, -0.05) is 43.3 Å². The Hall–Kier alpha value is -3.02. The van der Waals surface area contributed by atoms with Gasteiger partial charge in [-0.3, -0.25) is 14.4 Å². The van der Waals surface area contributed by atoms with Crippen LogP contribution in [-0.2, 0) is 20.7 Å². The van der Waals surface area contributed by atoms with E-state index in [4.69, 9.17) is 4.74 Å². The van der Waals surface area contributed by atoms with Crippen LogP contribution in [0.4, 0.5) is 10.1 Å². The lowest BCUT2D eigenvalue weighted by Crippen LogP contribution is -2.27. The van der Waals surface area contributed by atoms with Crippen LogP contribution < -0.4 is 4.90 Å². The molecule has 1 atom stereocenters. The van der Waals surface area contributed by atoms with Crippen molar-refractivity contribution in [3.8, 4) is 0 Å². The van der Waals surface area contributed by atoms with Crippen molar-refractivity contribution in [3.63, 3.8) is 0 Å². The van der Waals surface area contributed by atoms with Crippen LogP contribution in [0.2, 0.25) is 0 Å².